The van der Waals surface area contributed by atoms with Gasteiger partial charge in [-0.25, -0.2) is 9.78 Å². The zero-order chi connectivity index (χ0) is 20.8. The van der Waals surface area contributed by atoms with Crippen molar-refractivity contribution in [2.75, 3.05) is 18.2 Å². The molecule has 0 bridgehead atoms. The van der Waals surface area contributed by atoms with Crippen molar-refractivity contribution in [3.05, 3.63) is 38.2 Å². The number of nitrogens with zero attached hydrogens (tertiary/aromatic N) is 1. The monoisotopic (exact) mass is 441 g/mol. The largest absolute Gasteiger partial charge is 0.465 e. The van der Waals surface area contributed by atoms with E-state index >= 15 is 0 Å². The molecule has 0 fully saturated rings. The Labute approximate surface area is 182 Å². The number of anilines is 2. The predicted octanol–water partition coefficient (Wildman–Crippen LogP) is 4.74. The van der Waals surface area contributed by atoms with Gasteiger partial charge in [-0.05, 0) is 62.1 Å². The first-order chi connectivity index (χ1) is 14.6. The van der Waals surface area contributed by atoms with Gasteiger partial charge in [-0.15, -0.1) is 22.7 Å². The van der Waals surface area contributed by atoms with Crippen molar-refractivity contribution in [1.29, 1.82) is 0 Å². The minimum atomic E-state index is -0.403. The molecule has 3 heterocycles. The number of aromatic nitrogens is 1. The number of hydrogen-bond acceptors (Lipinski definition) is 7. The van der Waals surface area contributed by atoms with Gasteiger partial charge in [-0.3, -0.25) is 4.79 Å². The Hall–Kier alpha value is -2.45. The van der Waals surface area contributed by atoms with Crippen molar-refractivity contribution in [1.82, 2.24) is 4.98 Å². The van der Waals surface area contributed by atoms with Gasteiger partial charge in [0.25, 0.3) is 5.91 Å². The van der Waals surface area contributed by atoms with E-state index in [1.54, 1.807) is 0 Å². The summed E-state index contributed by atoms with van der Waals surface area (Å²) in [7, 11) is 1.37. The number of pyridine rings is 1. The Bertz CT molecular complexity index is 1180. The number of nitrogen functional groups attached to an aromatic ring is 1. The second-order valence-electron chi connectivity index (χ2n) is 7.86. The van der Waals surface area contributed by atoms with Crippen LogP contribution in [0, 0.1) is 0 Å². The Morgan fingerprint density at radius 2 is 1.93 bits per heavy atom. The molecule has 0 saturated heterocycles. The van der Waals surface area contributed by atoms with Gasteiger partial charge >= 0.3 is 5.97 Å². The third-order valence-electron chi connectivity index (χ3n) is 5.99. The number of nitrogens with one attached hydrogen (secondary N) is 1. The number of rotatable bonds is 3. The number of thiophene rings is 2. The number of fused-ring (bicyclic) bond motifs is 3. The van der Waals surface area contributed by atoms with E-state index in [4.69, 9.17) is 15.5 Å². The van der Waals surface area contributed by atoms with E-state index in [1.807, 2.05) is 0 Å². The standard InChI is InChI=1S/C22H23N3O3S2/c1-28-22(27)16-12-7-5-9-15(12)29-21(16)25-19(26)18-17(23)13-10-11-6-3-2-4-8-14(11)24-20(13)30-18/h10H,2-9,23H2,1H3,(H,25,26). The predicted molar refractivity (Wildman–Crippen MR) is 121 cm³/mol. The lowest BCUT2D eigenvalue weighted by Crippen LogP contribution is -2.14. The first kappa shape index (κ1) is 19.5. The molecule has 3 aromatic heterocycles. The third kappa shape index (κ3) is 3.18. The van der Waals surface area contributed by atoms with Gasteiger partial charge in [0.05, 0.1) is 18.4 Å². The summed E-state index contributed by atoms with van der Waals surface area (Å²) in [5.41, 5.74) is 10.7. The zero-order valence-corrected chi connectivity index (χ0v) is 18.4. The van der Waals surface area contributed by atoms with Gasteiger partial charge in [0.15, 0.2) is 0 Å². The molecular formula is C22H23N3O3S2. The van der Waals surface area contributed by atoms with Crippen molar-refractivity contribution in [3.63, 3.8) is 0 Å². The number of carbonyl (C=O) groups is 2. The summed E-state index contributed by atoms with van der Waals surface area (Å²) >= 11 is 2.79. The second kappa shape index (κ2) is 7.67. The molecule has 2 aliphatic rings. The molecule has 30 heavy (non-hydrogen) atoms. The highest BCUT2D eigenvalue weighted by molar-refractivity contribution is 7.21. The lowest BCUT2D eigenvalue weighted by molar-refractivity contribution is 0.0601. The average Bonchev–Trinajstić information content (AvgIpc) is 3.34. The molecule has 0 atom stereocenters. The Morgan fingerprint density at radius 3 is 2.77 bits per heavy atom. The Kier molecular flexibility index (Phi) is 4.99. The van der Waals surface area contributed by atoms with E-state index in [1.165, 1.54) is 41.8 Å². The quantitative estimate of drug-likeness (QED) is 0.452. The van der Waals surface area contributed by atoms with Crippen molar-refractivity contribution >= 4 is 55.5 Å². The van der Waals surface area contributed by atoms with Gasteiger partial charge in [-0.1, -0.05) is 6.42 Å². The van der Waals surface area contributed by atoms with Crippen LogP contribution in [0.25, 0.3) is 10.2 Å². The van der Waals surface area contributed by atoms with Gasteiger partial charge in [0, 0.05) is 16.0 Å². The normalized spacial score (nSPS) is 15.5. The number of methoxy groups -OCH3 is 1. The Morgan fingerprint density at radius 1 is 1.10 bits per heavy atom. The molecular weight excluding hydrogens is 418 g/mol. The molecule has 0 aliphatic heterocycles. The number of hydrogen-bond donors (Lipinski definition) is 2. The minimum absolute atomic E-state index is 0.296. The van der Waals surface area contributed by atoms with Crippen LogP contribution in [0.4, 0.5) is 10.7 Å². The second-order valence-corrected chi connectivity index (χ2v) is 9.96. The molecule has 6 nitrogen and oxygen atoms in total. The summed E-state index contributed by atoms with van der Waals surface area (Å²) in [4.78, 5) is 32.7. The SMILES string of the molecule is COC(=O)c1c(NC(=O)c2sc3nc4c(cc3c2N)CCCCC4)sc2c1CCC2. The van der Waals surface area contributed by atoms with Crippen LogP contribution in [0.3, 0.4) is 0 Å². The molecule has 5 rings (SSSR count). The minimum Gasteiger partial charge on any atom is -0.465 e. The van der Waals surface area contributed by atoms with Gasteiger partial charge in [0.1, 0.15) is 14.7 Å². The average molecular weight is 442 g/mol. The summed E-state index contributed by atoms with van der Waals surface area (Å²) in [6.45, 7) is 0. The number of ether oxygens (including phenoxy) is 1. The van der Waals surface area contributed by atoms with Gasteiger partial charge in [0.2, 0.25) is 0 Å². The number of carbonyl (C=O) groups excluding carboxylic acids is 2. The lowest BCUT2D eigenvalue weighted by Gasteiger charge is -2.06. The maximum Gasteiger partial charge on any atom is 0.341 e. The van der Waals surface area contributed by atoms with Crippen LogP contribution in [0.2, 0.25) is 0 Å². The molecule has 8 heteroatoms. The van der Waals surface area contributed by atoms with Crippen molar-refractivity contribution in [2.24, 2.45) is 0 Å². The first-order valence-corrected chi connectivity index (χ1v) is 11.9. The van der Waals surface area contributed by atoms with Gasteiger partial charge in [-0.2, -0.15) is 0 Å². The summed E-state index contributed by atoms with van der Waals surface area (Å²) in [6, 6.07) is 2.12. The van der Waals surface area contributed by atoms with E-state index in [0.29, 0.717) is 21.1 Å². The fraction of sp³-hybridized carbons (Fsp3) is 0.409. The van der Waals surface area contributed by atoms with Gasteiger partial charge < -0.3 is 15.8 Å². The molecule has 3 aromatic rings. The van der Waals surface area contributed by atoms with Crippen LogP contribution >= 0.6 is 22.7 Å². The molecule has 156 valence electrons. The molecule has 0 saturated carbocycles. The van der Waals surface area contributed by atoms with Crippen LogP contribution in [-0.2, 0) is 30.4 Å². The number of amides is 1. The summed E-state index contributed by atoms with van der Waals surface area (Å²) in [5, 5.41) is 4.34. The molecule has 2 aliphatic carbocycles. The maximum atomic E-state index is 13.1. The van der Waals surface area contributed by atoms with Crippen LogP contribution in [0.5, 0.6) is 0 Å². The number of nitrogens with two attached hydrogens (primary N) is 1. The topological polar surface area (TPSA) is 94.3 Å². The third-order valence-corrected chi connectivity index (χ3v) is 8.31. The number of esters is 1. The van der Waals surface area contributed by atoms with E-state index in [0.717, 1.165) is 71.3 Å². The van der Waals surface area contributed by atoms with E-state index in [-0.39, 0.29) is 5.91 Å². The van der Waals surface area contributed by atoms with Crippen LogP contribution in [-0.4, -0.2) is 24.0 Å². The van der Waals surface area contributed by atoms with Crippen molar-refractivity contribution in [3.8, 4) is 0 Å². The molecule has 0 unspecified atom stereocenters. The fourth-order valence-electron chi connectivity index (χ4n) is 4.48. The van der Waals surface area contributed by atoms with Crippen molar-refractivity contribution in [2.45, 2.75) is 51.4 Å². The van der Waals surface area contributed by atoms with E-state index in [2.05, 4.69) is 11.4 Å². The van der Waals surface area contributed by atoms with E-state index < -0.39 is 5.97 Å². The highest BCUT2D eigenvalue weighted by Gasteiger charge is 2.29. The Balaban J connectivity index is 1.50. The first-order valence-electron chi connectivity index (χ1n) is 10.3. The smallest absolute Gasteiger partial charge is 0.341 e. The highest BCUT2D eigenvalue weighted by Crippen LogP contribution is 2.41. The number of aryl methyl sites for hydroxylation is 3. The van der Waals surface area contributed by atoms with Crippen molar-refractivity contribution < 1.29 is 14.3 Å². The zero-order valence-electron chi connectivity index (χ0n) is 16.8. The molecule has 1 amide bonds. The molecule has 3 N–H and O–H groups in total. The molecule has 0 radical (unpaired) electrons. The van der Waals surface area contributed by atoms with Crippen LogP contribution in [0.1, 0.15) is 67.4 Å². The van der Waals surface area contributed by atoms with Crippen LogP contribution < -0.4 is 11.1 Å². The summed E-state index contributed by atoms with van der Waals surface area (Å²) in [6.07, 6.45) is 8.33. The highest BCUT2D eigenvalue weighted by atomic mass is 32.1. The maximum absolute atomic E-state index is 13.1. The molecule has 0 aromatic carbocycles. The molecule has 0 spiro atoms. The summed E-state index contributed by atoms with van der Waals surface area (Å²) in [5.74, 6) is -0.699. The fourth-order valence-corrected chi connectivity index (χ4v) is 6.74. The van der Waals surface area contributed by atoms with Crippen LogP contribution in [0.15, 0.2) is 6.07 Å². The van der Waals surface area contributed by atoms with E-state index in [9.17, 15) is 9.59 Å². The lowest BCUT2D eigenvalue weighted by atomic mass is 10.1. The summed E-state index contributed by atoms with van der Waals surface area (Å²) < 4.78 is 4.97.